The van der Waals surface area contributed by atoms with Gasteiger partial charge in [-0.3, -0.25) is 9.88 Å². The van der Waals surface area contributed by atoms with Crippen LogP contribution in [0.25, 0.3) is 0 Å². The van der Waals surface area contributed by atoms with Crippen LogP contribution in [0.2, 0.25) is 0 Å². The molecule has 1 aromatic heterocycles. The predicted octanol–water partition coefficient (Wildman–Crippen LogP) is 2.43. The van der Waals surface area contributed by atoms with Crippen molar-refractivity contribution < 1.29 is 13.3 Å². The van der Waals surface area contributed by atoms with Gasteiger partial charge in [0.15, 0.2) is 0 Å². The molecule has 112 valence electrons. The summed E-state index contributed by atoms with van der Waals surface area (Å²) in [5.74, 6) is 0. The molecular formula is C14H24I3N2-. The molecule has 1 atom stereocenters. The van der Waals surface area contributed by atoms with Gasteiger partial charge < -0.3 is 0 Å². The molecule has 2 heterocycles. The Balaban J connectivity index is 0.000000393. The average molecular weight is 601 g/mol. The monoisotopic (exact) mass is 601 g/mol. The van der Waals surface area contributed by atoms with Gasteiger partial charge in [0.05, 0.1) is 0 Å². The van der Waals surface area contributed by atoms with Crippen LogP contribution in [0.5, 0.6) is 0 Å². The molecule has 1 aromatic rings. The molecule has 0 aliphatic carbocycles. The van der Waals surface area contributed by atoms with Crippen molar-refractivity contribution in [1.82, 2.24) is 9.88 Å². The van der Waals surface area contributed by atoms with Crippen LogP contribution in [0.1, 0.15) is 51.1 Å². The third-order valence-electron chi connectivity index (χ3n) is 3.09. The molecule has 1 aliphatic rings. The van der Waals surface area contributed by atoms with E-state index < -0.39 is 0 Å². The molecule has 0 bridgehead atoms. The Kier molecular flexibility index (Phi) is 15.2. The van der Waals surface area contributed by atoms with E-state index in [0.717, 1.165) is 0 Å². The second-order valence-electron chi connectivity index (χ2n) is 4.48. The second kappa shape index (κ2) is 14.2. The van der Waals surface area contributed by atoms with Gasteiger partial charge in [0, 0.05) is 18.4 Å². The van der Waals surface area contributed by atoms with E-state index in [1.807, 2.05) is 18.5 Å². The molecule has 19 heavy (non-hydrogen) atoms. The maximum absolute atomic E-state index is 4.14. The number of halogens is 3. The molecule has 0 N–H and O–H groups in total. The number of nitrogens with zero attached hydrogens (tertiary/aromatic N) is 2. The van der Waals surface area contributed by atoms with Crippen LogP contribution in [-0.2, 0) is 0 Å². The number of likely N-dealkylation sites (tertiary alicyclic amines) is 1. The summed E-state index contributed by atoms with van der Waals surface area (Å²) in [6.07, 6.45) is 9.04. The summed E-state index contributed by atoms with van der Waals surface area (Å²) in [5.41, 5.74) is 1.36. The zero-order valence-corrected chi connectivity index (χ0v) is 18.4. The maximum atomic E-state index is 4.14. The topological polar surface area (TPSA) is 16.1 Å². The molecule has 1 aliphatic heterocycles. The molecule has 1 fully saturated rings. The van der Waals surface area contributed by atoms with Crippen molar-refractivity contribution >= 4 is 37.2 Å². The fourth-order valence-electron chi connectivity index (χ4n) is 1.90. The predicted molar refractivity (Wildman–Crippen MR) is 97.5 cm³/mol. The van der Waals surface area contributed by atoms with Gasteiger partial charge in [-0.2, -0.15) is 0 Å². The molecule has 0 saturated carbocycles. The van der Waals surface area contributed by atoms with E-state index in [2.05, 4.69) is 74.1 Å². The first-order valence-electron chi connectivity index (χ1n) is 6.68. The summed E-state index contributed by atoms with van der Waals surface area (Å²) in [4.78, 5) is 6.54. The van der Waals surface area contributed by atoms with Gasteiger partial charge in [0.25, 0.3) is 0 Å². The van der Waals surface area contributed by atoms with Crippen molar-refractivity contribution in [3.05, 3.63) is 30.1 Å². The van der Waals surface area contributed by atoms with E-state index in [9.17, 15) is 0 Å². The summed E-state index contributed by atoms with van der Waals surface area (Å²) in [5, 5.41) is 0. The molecule has 0 amide bonds. The van der Waals surface area contributed by atoms with Gasteiger partial charge in [-0.05, 0) is 38.1 Å². The Hall–Kier alpha value is 1.30. The van der Waals surface area contributed by atoms with Crippen LogP contribution < -0.4 is 13.3 Å². The Labute approximate surface area is 148 Å². The molecule has 5 heteroatoms. The second-order valence-corrected chi connectivity index (χ2v) is 20.7. The van der Waals surface area contributed by atoms with Crippen molar-refractivity contribution in [2.24, 2.45) is 0 Å². The number of pyridine rings is 1. The minimum absolute atomic E-state index is 0.530. The summed E-state index contributed by atoms with van der Waals surface area (Å²) in [6, 6.07) is 4.79. The van der Waals surface area contributed by atoms with Crippen LogP contribution in [0.15, 0.2) is 24.5 Å². The van der Waals surface area contributed by atoms with Gasteiger partial charge in [-0.1, -0.05) is 32.8 Å². The number of hydrogen-bond acceptors (Lipinski definition) is 2. The van der Waals surface area contributed by atoms with Gasteiger partial charge in [0.2, 0.25) is 0 Å². The zero-order valence-electron chi connectivity index (χ0n) is 12.0. The van der Waals surface area contributed by atoms with Gasteiger partial charge in [-0.15, -0.1) is 0 Å². The molecule has 1 saturated heterocycles. The zero-order chi connectivity index (χ0) is 14.5. The van der Waals surface area contributed by atoms with E-state index in [1.54, 1.807) is 0 Å². The normalized spacial score (nSPS) is 18.3. The summed E-state index contributed by atoms with van der Waals surface area (Å²) in [7, 11) is 2.19. The Morgan fingerprint density at radius 3 is 2.37 bits per heavy atom. The summed E-state index contributed by atoms with van der Waals surface area (Å²) in [6.45, 7) is 5.58. The van der Waals surface area contributed by atoms with Crippen LogP contribution in [0.4, 0.5) is 0 Å². The van der Waals surface area contributed by atoms with Crippen LogP contribution in [0, 0.1) is 0 Å². The summed E-state index contributed by atoms with van der Waals surface area (Å²) < 4.78 is 0. The third kappa shape index (κ3) is 9.78. The van der Waals surface area contributed by atoms with Crippen molar-refractivity contribution in [2.45, 2.75) is 45.6 Å². The van der Waals surface area contributed by atoms with Crippen molar-refractivity contribution in [3.8, 4) is 0 Å². The first-order chi connectivity index (χ1) is 9.21. The number of unbranched alkanes of at least 4 members (excludes halogenated alkanes) is 1. The van der Waals surface area contributed by atoms with E-state index in [0.29, 0.717) is 19.3 Å². The first kappa shape index (κ1) is 20.3. The SMILES string of the molecule is CCCC.CN1CCCC1c1cccnc1.I[I-]I. The Bertz CT molecular complexity index is 294. The third-order valence-corrected chi connectivity index (χ3v) is 3.09. The Morgan fingerprint density at radius 2 is 2.00 bits per heavy atom. The Morgan fingerprint density at radius 1 is 1.37 bits per heavy atom. The quantitative estimate of drug-likeness (QED) is 0.485. The van der Waals surface area contributed by atoms with Crippen LogP contribution in [0.3, 0.4) is 0 Å². The van der Waals surface area contributed by atoms with Gasteiger partial charge in [0.1, 0.15) is 0 Å². The molecule has 0 spiro atoms. The fourth-order valence-corrected chi connectivity index (χ4v) is 1.90. The fraction of sp³-hybridized carbons (Fsp3) is 0.643. The van der Waals surface area contributed by atoms with Crippen LogP contribution in [-0.4, -0.2) is 23.5 Å². The van der Waals surface area contributed by atoms with E-state index >= 15 is 0 Å². The molecule has 0 aromatic carbocycles. The molecule has 2 rings (SSSR count). The minimum atomic E-state index is 0.530. The molecule has 1 unspecified atom stereocenters. The molecular weight excluding hydrogens is 577 g/mol. The molecule has 0 radical (unpaired) electrons. The number of aromatic nitrogens is 1. The van der Waals surface area contributed by atoms with Crippen molar-refractivity contribution in [3.63, 3.8) is 0 Å². The van der Waals surface area contributed by atoms with E-state index in [1.165, 1.54) is 37.8 Å². The van der Waals surface area contributed by atoms with Crippen LogP contribution >= 0.6 is 37.2 Å². The van der Waals surface area contributed by atoms with E-state index in [-0.39, 0.29) is 0 Å². The standard InChI is InChI=1S/C10H14N2.C4H10.I3/c1-12-7-3-5-10(12)9-4-2-6-11-8-9;1-3-4-2;1-3-2/h2,4,6,8,10H,3,5,7H2,1H3;3-4H2,1-2H3;/q;;-1. The first-order valence-corrected chi connectivity index (χ1v) is 19.3. The average Bonchev–Trinajstić information content (AvgIpc) is 2.87. The van der Waals surface area contributed by atoms with Crippen molar-refractivity contribution in [2.75, 3.05) is 13.6 Å². The number of hydrogen-bond donors (Lipinski definition) is 0. The molecule has 2 nitrogen and oxygen atoms in total. The summed E-state index contributed by atoms with van der Waals surface area (Å²) >= 11 is 5.30. The van der Waals surface area contributed by atoms with Gasteiger partial charge >= 0.3 is 50.5 Å². The number of rotatable bonds is 2. The van der Waals surface area contributed by atoms with E-state index in [4.69, 9.17) is 0 Å². The van der Waals surface area contributed by atoms with Gasteiger partial charge in [-0.25, -0.2) is 0 Å². The van der Waals surface area contributed by atoms with Crippen molar-refractivity contribution in [1.29, 1.82) is 0 Å².